The molecule has 1 aromatic carbocycles. The van der Waals surface area contributed by atoms with Gasteiger partial charge >= 0.3 is 0 Å². The lowest BCUT2D eigenvalue weighted by Crippen LogP contribution is -2.37. The van der Waals surface area contributed by atoms with Crippen molar-refractivity contribution in [3.63, 3.8) is 0 Å². The summed E-state index contributed by atoms with van der Waals surface area (Å²) < 4.78 is 12.6. The first-order chi connectivity index (χ1) is 13.2. The van der Waals surface area contributed by atoms with E-state index in [1.807, 2.05) is 18.2 Å². The minimum atomic E-state index is -0.299. The molecule has 2 aromatic rings. The first-order valence-corrected chi connectivity index (χ1v) is 9.44. The van der Waals surface area contributed by atoms with Crippen molar-refractivity contribution in [1.82, 2.24) is 15.1 Å². The van der Waals surface area contributed by atoms with Crippen molar-refractivity contribution >= 4 is 5.91 Å². The standard InChI is InChI=1S/C20H23N3O4/c24-19(21-12-14-3-1-4-14)13-23-20(25)8-6-16(22-23)15-5-7-17-18(11-15)27-10-2-9-26-17/h5-8,11,14H,1-4,9-10,12-13H2,(H,21,24). The summed E-state index contributed by atoms with van der Waals surface area (Å²) in [4.78, 5) is 24.2. The fraction of sp³-hybridized carbons (Fsp3) is 0.450. The summed E-state index contributed by atoms with van der Waals surface area (Å²) in [7, 11) is 0. The summed E-state index contributed by atoms with van der Waals surface area (Å²) in [6.45, 7) is 1.83. The highest BCUT2D eigenvalue weighted by Gasteiger charge is 2.18. The third-order valence-corrected chi connectivity index (χ3v) is 5.02. The van der Waals surface area contributed by atoms with Crippen LogP contribution in [0.5, 0.6) is 11.5 Å². The zero-order valence-corrected chi connectivity index (χ0v) is 15.1. The highest BCUT2D eigenvalue weighted by molar-refractivity contribution is 5.75. The Labute approximate surface area is 157 Å². The van der Waals surface area contributed by atoms with E-state index in [0.29, 0.717) is 42.9 Å². The topological polar surface area (TPSA) is 82.5 Å². The van der Waals surface area contributed by atoms with Gasteiger partial charge in [-0.05, 0) is 43.0 Å². The zero-order valence-electron chi connectivity index (χ0n) is 15.1. The van der Waals surface area contributed by atoms with Crippen molar-refractivity contribution in [3.05, 3.63) is 40.7 Å². The molecule has 4 rings (SSSR count). The zero-order chi connectivity index (χ0) is 18.6. The Morgan fingerprint density at radius 3 is 2.70 bits per heavy atom. The molecule has 7 heteroatoms. The number of hydrogen-bond acceptors (Lipinski definition) is 5. The molecule has 0 radical (unpaired) electrons. The van der Waals surface area contributed by atoms with Crippen LogP contribution in [0, 0.1) is 5.92 Å². The lowest BCUT2D eigenvalue weighted by atomic mass is 9.85. The van der Waals surface area contributed by atoms with E-state index in [2.05, 4.69) is 10.4 Å². The van der Waals surface area contributed by atoms with Crippen LogP contribution in [0.2, 0.25) is 0 Å². The maximum Gasteiger partial charge on any atom is 0.267 e. The number of ether oxygens (including phenoxy) is 2. The molecule has 2 aliphatic rings. The summed E-state index contributed by atoms with van der Waals surface area (Å²) in [5, 5.41) is 7.26. The highest BCUT2D eigenvalue weighted by atomic mass is 16.5. The number of nitrogens with one attached hydrogen (secondary N) is 1. The van der Waals surface area contributed by atoms with Crippen LogP contribution in [0.15, 0.2) is 35.1 Å². The Morgan fingerprint density at radius 1 is 1.11 bits per heavy atom. The first kappa shape index (κ1) is 17.6. The number of fused-ring (bicyclic) bond motifs is 1. The lowest BCUT2D eigenvalue weighted by molar-refractivity contribution is -0.122. The quantitative estimate of drug-likeness (QED) is 0.872. The molecule has 142 valence electrons. The number of rotatable bonds is 5. The Morgan fingerprint density at radius 2 is 1.93 bits per heavy atom. The largest absolute Gasteiger partial charge is 0.490 e. The normalized spacial score (nSPS) is 16.3. The average molecular weight is 369 g/mol. The first-order valence-electron chi connectivity index (χ1n) is 9.44. The van der Waals surface area contributed by atoms with Crippen LogP contribution in [0.3, 0.4) is 0 Å². The smallest absolute Gasteiger partial charge is 0.267 e. The molecule has 0 saturated heterocycles. The summed E-state index contributed by atoms with van der Waals surface area (Å²) in [5.41, 5.74) is 1.12. The molecule has 1 aromatic heterocycles. The van der Waals surface area contributed by atoms with Gasteiger partial charge in [-0.3, -0.25) is 9.59 Å². The average Bonchev–Trinajstić information content (AvgIpc) is 2.87. The summed E-state index contributed by atoms with van der Waals surface area (Å²) in [6.07, 6.45) is 4.40. The van der Waals surface area contributed by atoms with Gasteiger partial charge in [0, 0.05) is 24.6 Å². The van der Waals surface area contributed by atoms with E-state index in [1.54, 1.807) is 6.07 Å². The van der Waals surface area contributed by atoms with E-state index in [0.717, 1.165) is 24.8 Å². The molecule has 1 fully saturated rings. The number of benzene rings is 1. The van der Waals surface area contributed by atoms with E-state index in [1.165, 1.54) is 17.2 Å². The van der Waals surface area contributed by atoms with Crippen molar-refractivity contribution in [2.24, 2.45) is 5.92 Å². The van der Waals surface area contributed by atoms with Crippen LogP contribution in [-0.4, -0.2) is 35.4 Å². The van der Waals surface area contributed by atoms with Crippen LogP contribution < -0.4 is 20.3 Å². The van der Waals surface area contributed by atoms with Gasteiger partial charge < -0.3 is 14.8 Å². The van der Waals surface area contributed by atoms with Gasteiger partial charge in [0.1, 0.15) is 6.54 Å². The molecule has 0 spiro atoms. The fourth-order valence-electron chi connectivity index (χ4n) is 3.19. The predicted molar refractivity (Wildman–Crippen MR) is 99.9 cm³/mol. The van der Waals surface area contributed by atoms with E-state index < -0.39 is 0 Å². The predicted octanol–water partition coefficient (Wildman–Crippen LogP) is 1.99. The van der Waals surface area contributed by atoms with E-state index in [-0.39, 0.29) is 18.0 Å². The maximum absolute atomic E-state index is 12.1. The molecule has 1 N–H and O–H groups in total. The minimum absolute atomic E-state index is 0.0794. The van der Waals surface area contributed by atoms with Crippen molar-refractivity contribution in [1.29, 1.82) is 0 Å². The molecule has 27 heavy (non-hydrogen) atoms. The summed E-state index contributed by atoms with van der Waals surface area (Å²) in [6, 6.07) is 8.67. The number of carbonyl (C=O) groups is 1. The van der Waals surface area contributed by atoms with Gasteiger partial charge in [-0.15, -0.1) is 0 Å². The number of aromatic nitrogens is 2. The molecule has 0 atom stereocenters. The Balaban J connectivity index is 1.50. The fourth-order valence-corrected chi connectivity index (χ4v) is 3.19. The van der Waals surface area contributed by atoms with Crippen LogP contribution in [-0.2, 0) is 11.3 Å². The molecular weight excluding hydrogens is 346 g/mol. The Hall–Kier alpha value is -2.83. The van der Waals surface area contributed by atoms with Gasteiger partial charge in [-0.1, -0.05) is 6.42 Å². The third kappa shape index (κ3) is 4.13. The highest BCUT2D eigenvalue weighted by Crippen LogP contribution is 2.33. The maximum atomic E-state index is 12.1. The number of amides is 1. The summed E-state index contributed by atoms with van der Waals surface area (Å²) >= 11 is 0. The second-order valence-corrected chi connectivity index (χ2v) is 7.03. The second kappa shape index (κ2) is 7.82. The van der Waals surface area contributed by atoms with Crippen LogP contribution in [0.4, 0.5) is 0 Å². The monoisotopic (exact) mass is 369 g/mol. The molecule has 0 bridgehead atoms. The van der Waals surface area contributed by atoms with E-state index >= 15 is 0 Å². The van der Waals surface area contributed by atoms with Gasteiger partial charge in [0.25, 0.3) is 5.56 Å². The molecule has 1 aliphatic heterocycles. The molecule has 1 saturated carbocycles. The van der Waals surface area contributed by atoms with Crippen LogP contribution >= 0.6 is 0 Å². The Bertz CT molecular complexity index is 889. The van der Waals surface area contributed by atoms with Crippen molar-refractivity contribution in [3.8, 4) is 22.8 Å². The van der Waals surface area contributed by atoms with Crippen molar-refractivity contribution in [2.45, 2.75) is 32.2 Å². The van der Waals surface area contributed by atoms with Crippen molar-refractivity contribution < 1.29 is 14.3 Å². The number of nitrogens with zero attached hydrogens (tertiary/aromatic N) is 2. The minimum Gasteiger partial charge on any atom is -0.490 e. The molecule has 1 aliphatic carbocycles. The van der Waals surface area contributed by atoms with Gasteiger partial charge in [0.15, 0.2) is 11.5 Å². The van der Waals surface area contributed by atoms with E-state index in [9.17, 15) is 9.59 Å². The molecule has 2 heterocycles. The third-order valence-electron chi connectivity index (χ3n) is 5.02. The lowest BCUT2D eigenvalue weighted by Gasteiger charge is -2.25. The summed E-state index contributed by atoms with van der Waals surface area (Å²) in [5.74, 6) is 1.77. The van der Waals surface area contributed by atoms with Crippen molar-refractivity contribution in [2.75, 3.05) is 19.8 Å². The van der Waals surface area contributed by atoms with Gasteiger partial charge in [0.05, 0.1) is 18.9 Å². The van der Waals surface area contributed by atoms with Gasteiger partial charge in [0.2, 0.25) is 5.91 Å². The molecule has 1 amide bonds. The Kier molecular flexibility index (Phi) is 5.09. The van der Waals surface area contributed by atoms with Gasteiger partial charge in [-0.25, -0.2) is 4.68 Å². The SMILES string of the molecule is O=C(Cn1nc(-c2ccc3c(c2)OCCCO3)ccc1=O)NCC1CCC1. The molecular formula is C20H23N3O4. The molecule has 7 nitrogen and oxygen atoms in total. The van der Waals surface area contributed by atoms with Crippen LogP contribution in [0.25, 0.3) is 11.3 Å². The van der Waals surface area contributed by atoms with Crippen LogP contribution in [0.1, 0.15) is 25.7 Å². The number of carbonyl (C=O) groups excluding carboxylic acids is 1. The number of hydrogen-bond donors (Lipinski definition) is 1. The molecule has 0 unspecified atom stereocenters. The second-order valence-electron chi connectivity index (χ2n) is 7.03. The van der Waals surface area contributed by atoms with Gasteiger partial charge in [-0.2, -0.15) is 5.10 Å². The van der Waals surface area contributed by atoms with E-state index in [4.69, 9.17) is 9.47 Å².